The third-order valence-corrected chi connectivity index (χ3v) is 4.02. The molecule has 0 unspecified atom stereocenters. The monoisotopic (exact) mass is 314 g/mol. The maximum atomic E-state index is 12.4. The highest BCUT2D eigenvalue weighted by Crippen LogP contribution is 2.19. The molecule has 1 amide bonds. The van der Waals surface area contributed by atoms with Crippen LogP contribution in [0, 0.1) is 0 Å². The van der Waals surface area contributed by atoms with Gasteiger partial charge in [0, 0.05) is 32.1 Å². The molecule has 122 valence electrons. The van der Waals surface area contributed by atoms with E-state index in [0.717, 1.165) is 18.7 Å². The van der Waals surface area contributed by atoms with Crippen LogP contribution in [0.5, 0.6) is 0 Å². The van der Waals surface area contributed by atoms with Gasteiger partial charge in [0.2, 0.25) is 11.8 Å². The smallest absolute Gasteiger partial charge is 0.318 e. The predicted molar refractivity (Wildman–Crippen MR) is 87.3 cm³/mol. The Balaban J connectivity index is 1.54. The predicted octanol–water partition coefficient (Wildman–Crippen LogP) is 2.08. The lowest BCUT2D eigenvalue weighted by molar-refractivity contribution is -0.130. The lowest BCUT2D eigenvalue weighted by atomic mass is 10.1. The number of carbonyl (C=O) groups excluding carboxylic acids is 1. The normalized spacial score (nSPS) is 15.3. The van der Waals surface area contributed by atoms with E-state index < -0.39 is 0 Å². The number of benzene rings is 1. The van der Waals surface area contributed by atoms with Gasteiger partial charge in [0.1, 0.15) is 0 Å². The number of hydrogen-bond donors (Lipinski definition) is 0. The Morgan fingerprint density at radius 3 is 2.43 bits per heavy atom. The van der Waals surface area contributed by atoms with E-state index in [4.69, 9.17) is 4.42 Å². The maximum Gasteiger partial charge on any atom is 0.318 e. The van der Waals surface area contributed by atoms with Crippen LogP contribution in [0.1, 0.15) is 31.2 Å². The van der Waals surface area contributed by atoms with Crippen LogP contribution in [0.4, 0.5) is 6.01 Å². The number of nitrogens with zero attached hydrogens (tertiary/aromatic N) is 4. The molecule has 1 aromatic heterocycles. The molecule has 2 aromatic rings. The first-order chi connectivity index (χ1) is 11.1. The minimum atomic E-state index is 0.171. The molecule has 0 bridgehead atoms. The van der Waals surface area contributed by atoms with Crippen LogP contribution in [0.3, 0.4) is 0 Å². The van der Waals surface area contributed by atoms with E-state index >= 15 is 0 Å². The molecular weight excluding hydrogens is 292 g/mol. The number of rotatable bonds is 4. The minimum absolute atomic E-state index is 0.171. The van der Waals surface area contributed by atoms with Gasteiger partial charge >= 0.3 is 6.01 Å². The van der Waals surface area contributed by atoms with Crippen molar-refractivity contribution >= 4 is 11.9 Å². The zero-order chi connectivity index (χ0) is 16.2. The van der Waals surface area contributed by atoms with Crippen molar-refractivity contribution in [3.05, 3.63) is 41.8 Å². The van der Waals surface area contributed by atoms with E-state index in [2.05, 4.69) is 10.2 Å². The first-order valence-corrected chi connectivity index (χ1v) is 8.03. The molecule has 1 saturated heterocycles. The second-order valence-electron chi connectivity index (χ2n) is 6.11. The van der Waals surface area contributed by atoms with E-state index in [1.807, 2.05) is 54.0 Å². The van der Waals surface area contributed by atoms with Crippen LogP contribution in [0.25, 0.3) is 0 Å². The highest BCUT2D eigenvalue weighted by molar-refractivity contribution is 5.79. The average molecular weight is 314 g/mol. The standard InChI is InChI=1S/C17H22N4O2/c1-13(2)16-18-19-17(23-16)21-10-8-20(9-11-21)15(22)12-14-6-4-3-5-7-14/h3-7,13H,8-12H2,1-2H3. The fourth-order valence-electron chi connectivity index (χ4n) is 2.62. The Hall–Kier alpha value is -2.37. The highest BCUT2D eigenvalue weighted by Gasteiger charge is 2.24. The molecule has 0 aliphatic carbocycles. The van der Waals surface area contributed by atoms with E-state index in [9.17, 15) is 4.79 Å². The fraction of sp³-hybridized carbons (Fsp3) is 0.471. The van der Waals surface area contributed by atoms with Crippen LogP contribution in [0.15, 0.2) is 34.7 Å². The molecular formula is C17H22N4O2. The number of carbonyl (C=O) groups is 1. The molecule has 1 aliphatic rings. The summed E-state index contributed by atoms with van der Waals surface area (Å²) in [6, 6.07) is 10.4. The van der Waals surface area contributed by atoms with Crippen molar-refractivity contribution in [3.8, 4) is 0 Å². The van der Waals surface area contributed by atoms with Gasteiger partial charge in [-0.05, 0) is 5.56 Å². The summed E-state index contributed by atoms with van der Waals surface area (Å²) in [4.78, 5) is 16.3. The van der Waals surface area contributed by atoms with Crippen molar-refractivity contribution in [2.75, 3.05) is 31.1 Å². The van der Waals surface area contributed by atoms with Crippen molar-refractivity contribution in [2.24, 2.45) is 0 Å². The van der Waals surface area contributed by atoms with E-state index in [-0.39, 0.29) is 11.8 Å². The van der Waals surface area contributed by atoms with Gasteiger partial charge in [0.15, 0.2) is 0 Å². The van der Waals surface area contributed by atoms with Crippen LogP contribution in [0.2, 0.25) is 0 Å². The summed E-state index contributed by atoms with van der Waals surface area (Å²) >= 11 is 0. The van der Waals surface area contributed by atoms with Gasteiger partial charge < -0.3 is 14.2 Å². The Labute approximate surface area is 136 Å². The molecule has 0 radical (unpaired) electrons. The van der Waals surface area contributed by atoms with Crippen LogP contribution < -0.4 is 4.90 Å². The number of aromatic nitrogens is 2. The zero-order valence-corrected chi connectivity index (χ0v) is 13.6. The maximum absolute atomic E-state index is 12.4. The summed E-state index contributed by atoms with van der Waals surface area (Å²) in [5.74, 6) is 1.05. The molecule has 2 heterocycles. The van der Waals surface area contributed by atoms with Gasteiger partial charge in [-0.15, -0.1) is 5.10 Å². The Morgan fingerprint density at radius 1 is 1.13 bits per heavy atom. The zero-order valence-electron chi connectivity index (χ0n) is 13.6. The van der Waals surface area contributed by atoms with Gasteiger partial charge in [-0.3, -0.25) is 4.79 Å². The van der Waals surface area contributed by atoms with Crippen LogP contribution in [-0.4, -0.2) is 47.2 Å². The molecule has 6 heteroatoms. The van der Waals surface area contributed by atoms with E-state index in [1.54, 1.807) is 0 Å². The molecule has 23 heavy (non-hydrogen) atoms. The first kappa shape index (κ1) is 15.5. The van der Waals surface area contributed by atoms with Gasteiger partial charge in [-0.2, -0.15) is 0 Å². The molecule has 0 N–H and O–H groups in total. The third-order valence-electron chi connectivity index (χ3n) is 4.02. The molecule has 0 saturated carbocycles. The molecule has 0 atom stereocenters. The summed E-state index contributed by atoms with van der Waals surface area (Å²) in [5, 5.41) is 8.17. The van der Waals surface area contributed by atoms with Gasteiger partial charge in [0.05, 0.1) is 6.42 Å². The third kappa shape index (κ3) is 3.70. The lowest BCUT2D eigenvalue weighted by Gasteiger charge is -2.33. The van der Waals surface area contributed by atoms with Gasteiger partial charge in [-0.1, -0.05) is 49.3 Å². The number of piperazine rings is 1. The minimum Gasteiger partial charge on any atom is -0.408 e. The summed E-state index contributed by atoms with van der Waals surface area (Å²) < 4.78 is 5.68. The van der Waals surface area contributed by atoms with Gasteiger partial charge in [-0.25, -0.2) is 0 Å². The summed E-state index contributed by atoms with van der Waals surface area (Å²) in [7, 11) is 0. The topological polar surface area (TPSA) is 62.5 Å². The van der Waals surface area contributed by atoms with Crippen molar-refractivity contribution < 1.29 is 9.21 Å². The Kier molecular flexibility index (Phi) is 4.60. The summed E-state index contributed by atoms with van der Waals surface area (Å²) in [5.41, 5.74) is 1.05. The molecule has 3 rings (SSSR count). The van der Waals surface area contributed by atoms with Crippen LogP contribution in [-0.2, 0) is 11.2 Å². The quantitative estimate of drug-likeness (QED) is 0.864. The second-order valence-corrected chi connectivity index (χ2v) is 6.11. The molecule has 0 spiro atoms. The second kappa shape index (κ2) is 6.81. The molecule has 6 nitrogen and oxygen atoms in total. The number of anilines is 1. The van der Waals surface area contributed by atoms with E-state index in [1.165, 1.54) is 0 Å². The Bertz CT molecular complexity index is 646. The number of amides is 1. The van der Waals surface area contributed by atoms with Crippen molar-refractivity contribution in [1.29, 1.82) is 0 Å². The van der Waals surface area contributed by atoms with Crippen molar-refractivity contribution in [1.82, 2.24) is 15.1 Å². The van der Waals surface area contributed by atoms with E-state index in [0.29, 0.717) is 31.4 Å². The average Bonchev–Trinajstić information content (AvgIpc) is 3.06. The summed E-state index contributed by atoms with van der Waals surface area (Å²) in [6.45, 7) is 6.87. The highest BCUT2D eigenvalue weighted by atomic mass is 16.4. The number of hydrogen-bond acceptors (Lipinski definition) is 5. The lowest BCUT2D eigenvalue weighted by Crippen LogP contribution is -2.49. The van der Waals surface area contributed by atoms with Crippen LogP contribution >= 0.6 is 0 Å². The van der Waals surface area contributed by atoms with Crippen molar-refractivity contribution in [3.63, 3.8) is 0 Å². The first-order valence-electron chi connectivity index (χ1n) is 8.03. The largest absolute Gasteiger partial charge is 0.408 e. The SMILES string of the molecule is CC(C)c1nnc(N2CCN(C(=O)Cc3ccccc3)CC2)o1. The van der Waals surface area contributed by atoms with Crippen molar-refractivity contribution in [2.45, 2.75) is 26.2 Å². The molecule has 1 fully saturated rings. The molecule has 1 aromatic carbocycles. The fourth-order valence-corrected chi connectivity index (χ4v) is 2.62. The molecule has 1 aliphatic heterocycles. The Morgan fingerprint density at radius 2 is 1.83 bits per heavy atom. The summed E-state index contributed by atoms with van der Waals surface area (Å²) in [6.07, 6.45) is 0.457. The van der Waals surface area contributed by atoms with Gasteiger partial charge in [0.25, 0.3) is 0 Å².